The molecule has 17 heteroatoms. The van der Waals surface area contributed by atoms with E-state index in [4.69, 9.17) is 75.8 Å². The maximum absolute atomic E-state index is 13.7. The summed E-state index contributed by atoms with van der Waals surface area (Å²) in [4.78, 5) is 13.7. The van der Waals surface area contributed by atoms with Crippen molar-refractivity contribution in [2.24, 2.45) is 0 Å². The number of fused-ring (bicyclic) bond motifs is 3. The van der Waals surface area contributed by atoms with Crippen molar-refractivity contribution in [1.29, 1.82) is 0 Å². The van der Waals surface area contributed by atoms with Crippen molar-refractivity contribution in [1.82, 2.24) is 0 Å². The van der Waals surface area contributed by atoms with Crippen LogP contribution in [0.15, 0.2) is 30.3 Å². The Kier molecular flexibility index (Phi) is 12.9. The summed E-state index contributed by atoms with van der Waals surface area (Å²) in [6, 6.07) is 9.08. The molecule has 0 aliphatic carbocycles. The summed E-state index contributed by atoms with van der Waals surface area (Å²) in [6.45, 7) is 0.292. The van der Waals surface area contributed by atoms with Crippen molar-refractivity contribution in [3.05, 3.63) is 41.5 Å². The highest BCUT2D eigenvalue weighted by Gasteiger charge is 2.54. The monoisotopic (exact) mass is 802 g/mol. The third-order valence-electron chi connectivity index (χ3n) is 10.8. The van der Waals surface area contributed by atoms with Crippen LogP contribution < -0.4 is 23.7 Å². The molecule has 4 aliphatic heterocycles. The zero-order chi connectivity index (χ0) is 40.4. The van der Waals surface area contributed by atoms with E-state index in [9.17, 15) is 4.79 Å². The van der Waals surface area contributed by atoms with E-state index in [1.165, 1.54) is 14.2 Å². The van der Waals surface area contributed by atoms with E-state index in [1.807, 2.05) is 12.1 Å². The standard InChI is InChI=1S/C40H50O17/c1-42-16-27-32(46-5)34(47-6)36(49-8)40(54-27)57-33-28(17-43-2)55-39(37(50-9)35(33)48-7)56-31-21-14-25(45-4)24(44-3)13-20(21)29(30-22(31)15-51-38(30)41)19-10-11-23-26(12-19)53-18-52-23/h10-14,27-28,32-37,39-40H,15-18H2,1-9H3. The molecule has 0 amide bonds. The molecule has 0 bridgehead atoms. The fourth-order valence-electron chi connectivity index (χ4n) is 8.21. The van der Waals surface area contributed by atoms with Crippen molar-refractivity contribution in [3.63, 3.8) is 0 Å². The highest BCUT2D eigenvalue weighted by molar-refractivity contribution is 6.14. The van der Waals surface area contributed by atoms with Crippen molar-refractivity contribution >= 4 is 16.7 Å². The zero-order valence-electron chi connectivity index (χ0n) is 33.4. The molecular weight excluding hydrogens is 752 g/mol. The third-order valence-corrected chi connectivity index (χ3v) is 10.8. The molecule has 3 aromatic carbocycles. The van der Waals surface area contributed by atoms with Gasteiger partial charge in [-0.1, -0.05) is 6.07 Å². The lowest BCUT2D eigenvalue weighted by atomic mass is 9.89. The predicted octanol–water partition coefficient (Wildman–Crippen LogP) is 3.50. The SMILES string of the molecule is COCC1OC(OC2C(COC)OC(Oc3c4c(c(-c5ccc6c(c5)OCO6)c5cc(OC)c(OC)cc35)C(=O)OC4)C(OC)C2OC)C(OC)C(OC)C1OC. The summed E-state index contributed by atoms with van der Waals surface area (Å²) in [5.41, 5.74) is 2.11. The first-order valence-corrected chi connectivity index (χ1v) is 18.4. The summed E-state index contributed by atoms with van der Waals surface area (Å²) >= 11 is 0. The second kappa shape index (κ2) is 17.9. The lowest BCUT2D eigenvalue weighted by Gasteiger charge is -2.49. The molecule has 0 spiro atoms. The van der Waals surface area contributed by atoms with Gasteiger partial charge in [0.1, 0.15) is 61.2 Å². The number of cyclic esters (lactones) is 1. The minimum absolute atomic E-state index is 0.0651. The molecule has 10 atom stereocenters. The van der Waals surface area contributed by atoms with Gasteiger partial charge in [0, 0.05) is 66.3 Å². The van der Waals surface area contributed by atoms with Crippen LogP contribution in [0.4, 0.5) is 0 Å². The minimum Gasteiger partial charge on any atom is -0.493 e. The lowest BCUT2D eigenvalue weighted by Crippen LogP contribution is -2.66. The Morgan fingerprint density at radius 2 is 1.18 bits per heavy atom. The van der Waals surface area contributed by atoms with Crippen molar-refractivity contribution in [2.75, 3.05) is 84.0 Å². The molecule has 0 N–H and O–H groups in total. The van der Waals surface area contributed by atoms with E-state index < -0.39 is 67.4 Å². The molecule has 312 valence electrons. The van der Waals surface area contributed by atoms with Crippen LogP contribution >= 0.6 is 0 Å². The number of carbonyl (C=O) groups is 1. The summed E-state index contributed by atoms with van der Waals surface area (Å²) in [5, 5.41) is 1.21. The van der Waals surface area contributed by atoms with Gasteiger partial charge in [0.2, 0.25) is 13.1 Å². The van der Waals surface area contributed by atoms with Gasteiger partial charge in [-0.15, -0.1) is 0 Å². The molecule has 0 aromatic heterocycles. The predicted molar refractivity (Wildman–Crippen MR) is 198 cm³/mol. The molecule has 4 aliphatic rings. The molecule has 57 heavy (non-hydrogen) atoms. The second-order valence-electron chi connectivity index (χ2n) is 13.7. The smallest absolute Gasteiger partial charge is 0.339 e. The molecular formula is C40H50O17. The Hall–Kier alpha value is -4.01. The van der Waals surface area contributed by atoms with Crippen LogP contribution in [0.25, 0.3) is 21.9 Å². The molecule has 0 radical (unpaired) electrons. The fourth-order valence-corrected chi connectivity index (χ4v) is 8.21. The van der Waals surface area contributed by atoms with E-state index in [0.717, 1.165) is 0 Å². The van der Waals surface area contributed by atoms with Gasteiger partial charge in [0.15, 0.2) is 29.3 Å². The average molecular weight is 803 g/mol. The van der Waals surface area contributed by atoms with Gasteiger partial charge in [-0.2, -0.15) is 0 Å². The van der Waals surface area contributed by atoms with E-state index in [-0.39, 0.29) is 26.6 Å². The van der Waals surface area contributed by atoms with Gasteiger partial charge in [0.05, 0.1) is 33.0 Å². The van der Waals surface area contributed by atoms with Gasteiger partial charge >= 0.3 is 5.97 Å². The average Bonchev–Trinajstić information content (AvgIpc) is 3.86. The third kappa shape index (κ3) is 7.46. The Morgan fingerprint density at radius 3 is 1.81 bits per heavy atom. The molecule has 0 saturated carbocycles. The molecule has 2 fully saturated rings. The number of ether oxygens (including phenoxy) is 16. The van der Waals surface area contributed by atoms with E-state index in [2.05, 4.69) is 0 Å². The number of methoxy groups -OCH3 is 9. The topological polar surface area (TPSA) is 165 Å². The van der Waals surface area contributed by atoms with Gasteiger partial charge in [-0.05, 0) is 35.2 Å². The fraction of sp³-hybridized carbons (Fsp3) is 0.575. The van der Waals surface area contributed by atoms with Crippen molar-refractivity contribution in [2.45, 2.75) is 68.0 Å². The lowest BCUT2D eigenvalue weighted by molar-refractivity contribution is -0.361. The largest absolute Gasteiger partial charge is 0.493 e. The Balaban J connectivity index is 1.30. The maximum atomic E-state index is 13.7. The summed E-state index contributed by atoms with van der Waals surface area (Å²) in [7, 11) is 13.9. The molecule has 3 aromatic rings. The van der Waals surface area contributed by atoms with Crippen LogP contribution in [0.2, 0.25) is 0 Å². The summed E-state index contributed by atoms with van der Waals surface area (Å²) in [5.74, 6) is 1.81. The maximum Gasteiger partial charge on any atom is 0.339 e. The van der Waals surface area contributed by atoms with E-state index in [0.29, 0.717) is 61.8 Å². The molecule has 17 nitrogen and oxygen atoms in total. The number of hydrogen-bond donors (Lipinski definition) is 0. The molecule has 7 rings (SSSR count). The van der Waals surface area contributed by atoms with Crippen LogP contribution in [-0.4, -0.2) is 151 Å². The number of hydrogen-bond acceptors (Lipinski definition) is 17. The normalized spacial score (nSPS) is 29.3. The molecule has 2 saturated heterocycles. The zero-order valence-corrected chi connectivity index (χ0v) is 33.4. The summed E-state index contributed by atoms with van der Waals surface area (Å²) in [6.07, 6.45) is -7.79. The minimum atomic E-state index is -1.12. The van der Waals surface area contributed by atoms with E-state index in [1.54, 1.807) is 68.0 Å². The van der Waals surface area contributed by atoms with Crippen LogP contribution in [0.1, 0.15) is 15.9 Å². The van der Waals surface area contributed by atoms with Crippen molar-refractivity contribution < 1.29 is 80.6 Å². The Morgan fingerprint density at radius 1 is 0.596 bits per heavy atom. The number of carbonyl (C=O) groups excluding carboxylic acids is 1. The molecule has 10 unspecified atom stereocenters. The van der Waals surface area contributed by atoms with Gasteiger partial charge in [-0.25, -0.2) is 4.79 Å². The number of benzene rings is 3. The first-order valence-electron chi connectivity index (χ1n) is 18.4. The number of esters is 1. The molecule has 4 heterocycles. The quantitative estimate of drug-likeness (QED) is 0.193. The number of rotatable bonds is 16. The first kappa shape index (κ1) is 41.2. The first-order chi connectivity index (χ1) is 27.8. The van der Waals surface area contributed by atoms with Crippen LogP contribution in [-0.2, 0) is 58.7 Å². The summed E-state index contributed by atoms with van der Waals surface area (Å²) < 4.78 is 96.0. The van der Waals surface area contributed by atoms with Crippen LogP contribution in [0.5, 0.6) is 28.7 Å². The van der Waals surface area contributed by atoms with Gasteiger partial charge < -0.3 is 75.8 Å². The van der Waals surface area contributed by atoms with Crippen LogP contribution in [0.3, 0.4) is 0 Å². The highest BCUT2D eigenvalue weighted by Crippen LogP contribution is 2.50. The van der Waals surface area contributed by atoms with Gasteiger partial charge in [-0.3, -0.25) is 0 Å². The second-order valence-corrected chi connectivity index (χ2v) is 13.7. The van der Waals surface area contributed by atoms with Crippen LogP contribution in [0, 0.1) is 0 Å². The Bertz CT molecular complexity index is 1890. The Labute approximate surface area is 330 Å². The van der Waals surface area contributed by atoms with Gasteiger partial charge in [0.25, 0.3) is 0 Å². The van der Waals surface area contributed by atoms with Crippen molar-refractivity contribution in [3.8, 4) is 39.9 Å². The highest BCUT2D eigenvalue weighted by atomic mass is 16.8. The van der Waals surface area contributed by atoms with E-state index >= 15 is 0 Å².